The molecule has 0 aliphatic rings. The standard InChI is InChI=1S/C12H10N4O2/c1-18-9-3-2-8(7-13)11(6-9)16-5-4-10(15-16)12(14)17/h2-6H,1H3,(H2,14,17). The Morgan fingerprint density at radius 2 is 2.28 bits per heavy atom. The Hall–Kier alpha value is -2.81. The monoisotopic (exact) mass is 242 g/mol. The van der Waals surface area contributed by atoms with E-state index in [2.05, 4.69) is 11.2 Å². The Kier molecular flexibility index (Phi) is 2.98. The average Bonchev–Trinajstić information content (AvgIpc) is 2.87. The van der Waals surface area contributed by atoms with E-state index in [1.54, 1.807) is 24.4 Å². The fourth-order valence-electron chi connectivity index (χ4n) is 1.51. The second-order valence-electron chi connectivity index (χ2n) is 3.50. The summed E-state index contributed by atoms with van der Waals surface area (Å²) >= 11 is 0. The van der Waals surface area contributed by atoms with Gasteiger partial charge >= 0.3 is 0 Å². The molecule has 6 heteroatoms. The van der Waals surface area contributed by atoms with Gasteiger partial charge in [0.1, 0.15) is 17.5 Å². The summed E-state index contributed by atoms with van der Waals surface area (Å²) in [5.74, 6) is -0.0183. The molecule has 0 fully saturated rings. The van der Waals surface area contributed by atoms with Gasteiger partial charge in [-0.15, -0.1) is 0 Å². The van der Waals surface area contributed by atoms with E-state index in [0.29, 0.717) is 17.0 Å². The van der Waals surface area contributed by atoms with Crippen molar-refractivity contribution in [1.29, 1.82) is 5.26 Å². The summed E-state index contributed by atoms with van der Waals surface area (Å²) in [4.78, 5) is 11.0. The lowest BCUT2D eigenvalue weighted by atomic mass is 10.2. The van der Waals surface area contributed by atoms with Crippen LogP contribution < -0.4 is 10.5 Å². The van der Waals surface area contributed by atoms with Gasteiger partial charge in [0.05, 0.1) is 18.4 Å². The molecule has 1 aromatic carbocycles. The maximum Gasteiger partial charge on any atom is 0.269 e. The second kappa shape index (κ2) is 4.59. The van der Waals surface area contributed by atoms with Gasteiger partial charge < -0.3 is 10.5 Å². The SMILES string of the molecule is COc1ccc(C#N)c(-n2ccc(C(N)=O)n2)c1. The number of nitrogens with zero attached hydrogens (tertiary/aromatic N) is 3. The van der Waals surface area contributed by atoms with Crippen molar-refractivity contribution in [3.8, 4) is 17.5 Å². The highest BCUT2D eigenvalue weighted by atomic mass is 16.5. The number of benzene rings is 1. The van der Waals surface area contributed by atoms with Crippen LogP contribution in [-0.2, 0) is 0 Å². The molecule has 2 N–H and O–H groups in total. The van der Waals surface area contributed by atoms with Gasteiger partial charge in [-0.2, -0.15) is 10.4 Å². The summed E-state index contributed by atoms with van der Waals surface area (Å²) < 4.78 is 6.51. The Labute approximate surface area is 103 Å². The summed E-state index contributed by atoms with van der Waals surface area (Å²) in [5, 5.41) is 13.0. The molecule has 0 aliphatic heterocycles. The van der Waals surface area contributed by atoms with Gasteiger partial charge in [0.25, 0.3) is 5.91 Å². The summed E-state index contributed by atoms with van der Waals surface area (Å²) in [7, 11) is 1.53. The number of hydrogen-bond donors (Lipinski definition) is 1. The zero-order valence-corrected chi connectivity index (χ0v) is 9.62. The van der Waals surface area contributed by atoms with Crippen molar-refractivity contribution in [3.63, 3.8) is 0 Å². The van der Waals surface area contributed by atoms with Gasteiger partial charge in [0.15, 0.2) is 0 Å². The van der Waals surface area contributed by atoms with Crippen LogP contribution in [-0.4, -0.2) is 22.8 Å². The largest absolute Gasteiger partial charge is 0.497 e. The predicted octanol–water partition coefficient (Wildman–Crippen LogP) is 0.851. The number of amides is 1. The Morgan fingerprint density at radius 1 is 1.50 bits per heavy atom. The van der Waals surface area contributed by atoms with Crippen molar-refractivity contribution >= 4 is 5.91 Å². The minimum atomic E-state index is -0.616. The first kappa shape index (κ1) is 11.7. The number of carbonyl (C=O) groups excluding carboxylic acids is 1. The fraction of sp³-hybridized carbons (Fsp3) is 0.0833. The quantitative estimate of drug-likeness (QED) is 0.863. The molecule has 18 heavy (non-hydrogen) atoms. The Morgan fingerprint density at radius 3 is 2.83 bits per heavy atom. The van der Waals surface area contributed by atoms with Gasteiger partial charge in [-0.05, 0) is 18.2 Å². The first-order valence-electron chi connectivity index (χ1n) is 5.09. The first-order chi connectivity index (χ1) is 8.65. The predicted molar refractivity (Wildman–Crippen MR) is 63.3 cm³/mol. The number of hydrogen-bond acceptors (Lipinski definition) is 4. The van der Waals surface area contributed by atoms with Crippen LogP contribution in [0.5, 0.6) is 5.75 Å². The maximum atomic E-state index is 11.0. The Balaban J connectivity index is 2.54. The van der Waals surface area contributed by atoms with E-state index in [9.17, 15) is 4.79 Å². The van der Waals surface area contributed by atoms with E-state index in [-0.39, 0.29) is 5.69 Å². The van der Waals surface area contributed by atoms with Crippen LogP contribution in [0.1, 0.15) is 16.1 Å². The lowest BCUT2D eigenvalue weighted by Crippen LogP contribution is -2.12. The molecule has 0 saturated carbocycles. The van der Waals surface area contributed by atoms with Gasteiger partial charge in [-0.25, -0.2) is 4.68 Å². The third-order valence-electron chi connectivity index (χ3n) is 2.41. The van der Waals surface area contributed by atoms with Gasteiger partial charge in [0, 0.05) is 12.3 Å². The number of carbonyl (C=O) groups is 1. The zero-order chi connectivity index (χ0) is 13.1. The molecule has 0 spiro atoms. The highest BCUT2D eigenvalue weighted by Crippen LogP contribution is 2.20. The van der Waals surface area contributed by atoms with Crippen LogP contribution in [0, 0.1) is 11.3 Å². The molecule has 0 atom stereocenters. The van der Waals surface area contributed by atoms with Crippen LogP contribution in [0.4, 0.5) is 0 Å². The molecule has 1 aromatic heterocycles. The van der Waals surface area contributed by atoms with E-state index in [4.69, 9.17) is 15.7 Å². The molecule has 2 rings (SSSR count). The van der Waals surface area contributed by atoms with Gasteiger partial charge in [0.2, 0.25) is 0 Å². The highest BCUT2D eigenvalue weighted by Gasteiger charge is 2.10. The third kappa shape index (κ3) is 2.01. The van der Waals surface area contributed by atoms with Gasteiger partial charge in [-0.3, -0.25) is 4.79 Å². The molecule has 0 radical (unpaired) electrons. The number of nitriles is 1. The zero-order valence-electron chi connectivity index (χ0n) is 9.62. The summed E-state index contributed by atoms with van der Waals surface area (Å²) in [6, 6.07) is 8.51. The van der Waals surface area contributed by atoms with E-state index in [1.807, 2.05) is 0 Å². The average molecular weight is 242 g/mol. The summed E-state index contributed by atoms with van der Waals surface area (Å²) in [6.07, 6.45) is 1.57. The number of rotatable bonds is 3. The van der Waals surface area contributed by atoms with Crippen LogP contribution >= 0.6 is 0 Å². The van der Waals surface area contributed by atoms with Crippen molar-refractivity contribution in [1.82, 2.24) is 9.78 Å². The molecule has 0 saturated heterocycles. The smallest absolute Gasteiger partial charge is 0.269 e. The summed E-state index contributed by atoms with van der Waals surface area (Å²) in [5.41, 5.74) is 6.23. The number of nitrogens with two attached hydrogens (primary N) is 1. The molecule has 6 nitrogen and oxygen atoms in total. The van der Waals surface area contributed by atoms with Gasteiger partial charge in [-0.1, -0.05) is 0 Å². The summed E-state index contributed by atoms with van der Waals surface area (Å²) in [6.45, 7) is 0. The van der Waals surface area contributed by atoms with Crippen molar-refractivity contribution < 1.29 is 9.53 Å². The van der Waals surface area contributed by atoms with Crippen molar-refractivity contribution in [2.24, 2.45) is 5.73 Å². The molecule has 0 aliphatic carbocycles. The number of ether oxygens (including phenoxy) is 1. The molecular formula is C12H10N4O2. The highest BCUT2D eigenvalue weighted by molar-refractivity contribution is 5.90. The molecular weight excluding hydrogens is 232 g/mol. The van der Waals surface area contributed by atoms with Crippen LogP contribution in [0.15, 0.2) is 30.5 Å². The maximum absolute atomic E-state index is 11.0. The number of primary amides is 1. The molecule has 90 valence electrons. The van der Waals surface area contributed by atoms with Crippen molar-refractivity contribution in [2.75, 3.05) is 7.11 Å². The van der Waals surface area contributed by atoms with Crippen molar-refractivity contribution in [2.45, 2.75) is 0 Å². The Bertz CT molecular complexity index is 640. The minimum absolute atomic E-state index is 0.140. The number of aromatic nitrogens is 2. The molecule has 1 amide bonds. The molecule has 0 bridgehead atoms. The third-order valence-corrected chi connectivity index (χ3v) is 2.41. The molecule has 1 heterocycles. The number of methoxy groups -OCH3 is 1. The van der Waals surface area contributed by atoms with E-state index in [1.165, 1.54) is 17.9 Å². The van der Waals surface area contributed by atoms with Crippen molar-refractivity contribution in [3.05, 3.63) is 41.7 Å². The first-order valence-corrected chi connectivity index (χ1v) is 5.09. The minimum Gasteiger partial charge on any atom is -0.497 e. The lowest BCUT2D eigenvalue weighted by Gasteiger charge is -2.06. The second-order valence-corrected chi connectivity index (χ2v) is 3.50. The van der Waals surface area contributed by atoms with Crippen LogP contribution in [0.2, 0.25) is 0 Å². The fourth-order valence-corrected chi connectivity index (χ4v) is 1.51. The lowest BCUT2D eigenvalue weighted by molar-refractivity contribution is 0.0995. The molecule has 2 aromatic rings. The van der Waals surface area contributed by atoms with Crippen LogP contribution in [0.3, 0.4) is 0 Å². The van der Waals surface area contributed by atoms with E-state index in [0.717, 1.165) is 0 Å². The molecule has 0 unspecified atom stereocenters. The topological polar surface area (TPSA) is 93.9 Å². The van der Waals surface area contributed by atoms with E-state index < -0.39 is 5.91 Å². The van der Waals surface area contributed by atoms with E-state index >= 15 is 0 Å². The van der Waals surface area contributed by atoms with Crippen LogP contribution in [0.25, 0.3) is 5.69 Å². The normalized spacial score (nSPS) is 9.78.